The molecule has 2 aromatic rings. The molecule has 1 aromatic carbocycles. The van der Waals surface area contributed by atoms with E-state index in [4.69, 9.17) is 4.74 Å². The van der Waals surface area contributed by atoms with Crippen LogP contribution < -0.4 is 15.0 Å². The number of benzene rings is 1. The van der Waals surface area contributed by atoms with Crippen LogP contribution in [-0.2, 0) is 0 Å². The van der Waals surface area contributed by atoms with Crippen LogP contribution in [-0.4, -0.2) is 36.6 Å². The number of hydrogen-bond acceptors (Lipinski definition) is 4. The molecule has 0 bridgehead atoms. The van der Waals surface area contributed by atoms with Crippen LogP contribution >= 0.6 is 0 Å². The van der Waals surface area contributed by atoms with Gasteiger partial charge in [-0.05, 0) is 37.6 Å². The molecule has 0 aliphatic carbocycles. The Bertz CT molecular complexity index is 660. The lowest BCUT2D eigenvalue weighted by atomic mass is 10.1. The zero-order chi connectivity index (χ0) is 16.1. The van der Waals surface area contributed by atoms with Crippen molar-refractivity contribution < 1.29 is 9.53 Å². The highest BCUT2D eigenvalue weighted by Gasteiger charge is 2.25. The number of anilines is 1. The summed E-state index contributed by atoms with van der Waals surface area (Å²) in [7, 11) is 0. The van der Waals surface area contributed by atoms with Gasteiger partial charge in [-0.15, -0.1) is 0 Å². The first-order chi connectivity index (χ1) is 11.3. The highest BCUT2D eigenvalue weighted by Crippen LogP contribution is 2.20. The van der Waals surface area contributed by atoms with Gasteiger partial charge in [0.2, 0.25) is 0 Å². The zero-order valence-electron chi connectivity index (χ0n) is 13.2. The highest BCUT2D eigenvalue weighted by molar-refractivity contribution is 5.97. The summed E-state index contributed by atoms with van der Waals surface area (Å²) in [6.45, 7) is 4.13. The van der Waals surface area contributed by atoms with Crippen molar-refractivity contribution in [1.29, 1.82) is 0 Å². The number of hydrogen-bond donors (Lipinski definition) is 1. The van der Waals surface area contributed by atoms with E-state index < -0.39 is 0 Å². The fraction of sp³-hybridized carbons (Fsp3) is 0.333. The molecular formula is C18H21N3O2. The standard InChI is InChI=1S/C18H21N3O2/c1-2-23-16-8-4-3-7-15(16)18(22)20-14-10-12-21(13-14)17-9-5-6-11-19-17/h3-9,11,14H,2,10,12-13H2,1H3,(H,20,22). The maximum atomic E-state index is 12.5. The molecule has 1 fully saturated rings. The Balaban J connectivity index is 1.63. The minimum absolute atomic E-state index is 0.0816. The number of rotatable bonds is 5. The minimum atomic E-state index is -0.0816. The van der Waals surface area contributed by atoms with Crippen LogP contribution in [0.3, 0.4) is 0 Å². The van der Waals surface area contributed by atoms with Crippen LogP contribution in [0.1, 0.15) is 23.7 Å². The molecule has 5 nitrogen and oxygen atoms in total. The Morgan fingerprint density at radius 1 is 1.30 bits per heavy atom. The largest absolute Gasteiger partial charge is 0.493 e. The second kappa shape index (κ2) is 7.13. The second-order valence-corrected chi connectivity index (χ2v) is 5.52. The topological polar surface area (TPSA) is 54.5 Å². The summed E-state index contributed by atoms with van der Waals surface area (Å²) in [6, 6.07) is 13.4. The van der Waals surface area contributed by atoms with Crippen LogP contribution in [0, 0.1) is 0 Å². The van der Waals surface area contributed by atoms with Gasteiger partial charge in [0.25, 0.3) is 5.91 Å². The first-order valence-corrected chi connectivity index (χ1v) is 7.96. The Kier molecular flexibility index (Phi) is 4.76. The summed E-state index contributed by atoms with van der Waals surface area (Å²) in [5, 5.41) is 3.11. The maximum absolute atomic E-state index is 12.5. The fourth-order valence-corrected chi connectivity index (χ4v) is 2.83. The molecule has 1 unspecified atom stereocenters. The third kappa shape index (κ3) is 3.62. The van der Waals surface area contributed by atoms with Crippen molar-refractivity contribution in [3.05, 3.63) is 54.2 Å². The Hall–Kier alpha value is -2.56. The zero-order valence-corrected chi connectivity index (χ0v) is 13.2. The van der Waals surface area contributed by atoms with E-state index in [2.05, 4.69) is 15.2 Å². The maximum Gasteiger partial charge on any atom is 0.255 e. The molecule has 0 radical (unpaired) electrons. The first kappa shape index (κ1) is 15.3. The molecule has 5 heteroatoms. The van der Waals surface area contributed by atoms with Crippen molar-refractivity contribution in [2.45, 2.75) is 19.4 Å². The van der Waals surface area contributed by atoms with E-state index in [0.717, 1.165) is 25.3 Å². The van der Waals surface area contributed by atoms with Crippen LogP contribution in [0.4, 0.5) is 5.82 Å². The van der Waals surface area contributed by atoms with Gasteiger partial charge in [-0.2, -0.15) is 0 Å². The number of amides is 1. The number of ether oxygens (including phenoxy) is 1. The number of carbonyl (C=O) groups is 1. The fourth-order valence-electron chi connectivity index (χ4n) is 2.83. The first-order valence-electron chi connectivity index (χ1n) is 7.96. The van der Waals surface area contributed by atoms with Gasteiger partial charge in [0.15, 0.2) is 0 Å². The number of nitrogens with one attached hydrogen (secondary N) is 1. The molecular weight excluding hydrogens is 290 g/mol. The third-order valence-electron chi connectivity index (χ3n) is 3.93. The van der Waals surface area contributed by atoms with Crippen molar-refractivity contribution in [1.82, 2.24) is 10.3 Å². The smallest absolute Gasteiger partial charge is 0.255 e. The lowest BCUT2D eigenvalue weighted by Crippen LogP contribution is -2.37. The summed E-state index contributed by atoms with van der Waals surface area (Å²) < 4.78 is 5.53. The van der Waals surface area contributed by atoms with Crippen molar-refractivity contribution in [3.63, 3.8) is 0 Å². The van der Waals surface area contributed by atoms with Gasteiger partial charge < -0.3 is 15.0 Å². The molecule has 23 heavy (non-hydrogen) atoms. The highest BCUT2D eigenvalue weighted by atomic mass is 16.5. The van der Waals surface area contributed by atoms with Crippen LogP contribution in [0.25, 0.3) is 0 Å². The number of nitrogens with zero attached hydrogens (tertiary/aromatic N) is 2. The number of carbonyl (C=O) groups excluding carboxylic acids is 1. The van der Waals surface area contributed by atoms with Gasteiger partial charge in [0, 0.05) is 25.3 Å². The molecule has 1 amide bonds. The Morgan fingerprint density at radius 3 is 2.91 bits per heavy atom. The number of pyridine rings is 1. The molecule has 120 valence electrons. The lowest BCUT2D eigenvalue weighted by Gasteiger charge is -2.18. The van der Waals surface area contributed by atoms with Crippen LogP contribution in [0.5, 0.6) is 5.75 Å². The molecule has 0 saturated carbocycles. The summed E-state index contributed by atoms with van der Waals surface area (Å²) in [5.74, 6) is 1.51. The Labute approximate surface area is 136 Å². The lowest BCUT2D eigenvalue weighted by molar-refractivity contribution is 0.0936. The molecule has 1 atom stereocenters. The van der Waals surface area contributed by atoms with E-state index in [9.17, 15) is 4.79 Å². The quantitative estimate of drug-likeness (QED) is 0.922. The van der Waals surface area contributed by atoms with Crippen molar-refractivity contribution in [2.75, 3.05) is 24.6 Å². The Morgan fingerprint density at radius 2 is 2.13 bits per heavy atom. The molecule has 1 aromatic heterocycles. The van der Waals surface area contributed by atoms with Crippen molar-refractivity contribution in [3.8, 4) is 5.75 Å². The number of aromatic nitrogens is 1. The summed E-state index contributed by atoms with van der Waals surface area (Å²) in [6.07, 6.45) is 2.71. The van der Waals surface area contributed by atoms with E-state index in [1.807, 2.05) is 43.3 Å². The van der Waals surface area contributed by atoms with Crippen molar-refractivity contribution in [2.24, 2.45) is 0 Å². The molecule has 2 heterocycles. The predicted molar refractivity (Wildman–Crippen MR) is 89.9 cm³/mol. The predicted octanol–water partition coefficient (Wildman–Crippen LogP) is 2.49. The third-order valence-corrected chi connectivity index (χ3v) is 3.93. The van der Waals surface area contributed by atoms with E-state index in [1.54, 1.807) is 12.3 Å². The SMILES string of the molecule is CCOc1ccccc1C(=O)NC1CCN(c2ccccn2)C1. The molecule has 3 rings (SSSR count). The summed E-state index contributed by atoms with van der Waals surface area (Å²) in [5.41, 5.74) is 0.589. The van der Waals surface area contributed by atoms with Gasteiger partial charge in [-0.1, -0.05) is 18.2 Å². The normalized spacial score (nSPS) is 17.1. The van der Waals surface area contributed by atoms with E-state index in [-0.39, 0.29) is 11.9 Å². The average Bonchev–Trinajstić information content (AvgIpc) is 3.05. The monoisotopic (exact) mass is 311 g/mol. The molecule has 1 saturated heterocycles. The van der Waals surface area contributed by atoms with Crippen LogP contribution in [0.2, 0.25) is 0 Å². The van der Waals surface area contributed by atoms with E-state index in [1.165, 1.54) is 0 Å². The van der Waals surface area contributed by atoms with Gasteiger partial charge >= 0.3 is 0 Å². The van der Waals surface area contributed by atoms with E-state index >= 15 is 0 Å². The molecule has 0 spiro atoms. The summed E-state index contributed by atoms with van der Waals surface area (Å²) >= 11 is 0. The van der Waals surface area contributed by atoms with Crippen molar-refractivity contribution >= 4 is 11.7 Å². The average molecular weight is 311 g/mol. The van der Waals surface area contributed by atoms with E-state index in [0.29, 0.717) is 17.9 Å². The summed E-state index contributed by atoms with van der Waals surface area (Å²) in [4.78, 5) is 19.1. The minimum Gasteiger partial charge on any atom is -0.493 e. The number of para-hydroxylation sites is 1. The molecule has 1 aliphatic rings. The van der Waals surface area contributed by atoms with Gasteiger partial charge in [0.1, 0.15) is 11.6 Å². The van der Waals surface area contributed by atoms with Gasteiger partial charge in [-0.25, -0.2) is 4.98 Å². The van der Waals surface area contributed by atoms with Gasteiger partial charge in [0.05, 0.1) is 12.2 Å². The molecule has 1 aliphatic heterocycles. The second-order valence-electron chi connectivity index (χ2n) is 5.52. The van der Waals surface area contributed by atoms with Crippen LogP contribution in [0.15, 0.2) is 48.7 Å². The molecule has 1 N–H and O–H groups in total. The van der Waals surface area contributed by atoms with Gasteiger partial charge in [-0.3, -0.25) is 4.79 Å².